The molecule has 1 fully saturated rings. The van der Waals surface area contributed by atoms with Crippen LogP contribution in [0.2, 0.25) is 0 Å². The first-order chi connectivity index (χ1) is 16.9. The zero-order chi connectivity index (χ0) is 24.9. The predicted molar refractivity (Wildman–Crippen MR) is 135 cm³/mol. The maximum Gasteiger partial charge on any atom is 0.329 e. The number of hydrogen-bond donors (Lipinski definition) is 1. The van der Waals surface area contributed by atoms with Gasteiger partial charge in [-0.3, -0.25) is 9.69 Å². The lowest BCUT2D eigenvalue weighted by Gasteiger charge is -2.15. The van der Waals surface area contributed by atoms with Gasteiger partial charge in [0.1, 0.15) is 23.9 Å². The summed E-state index contributed by atoms with van der Waals surface area (Å²) in [4.78, 5) is 26.2. The van der Waals surface area contributed by atoms with Gasteiger partial charge in [0.05, 0.1) is 16.7 Å². The number of carbonyl (C=O) groups is 2. The SMILES string of the molecule is CCOc1cc(/C=C2/NC(=O)N(Cc3ccccc3F)C2=O)cc(I)c1OCc1ccc(F)cc1. The summed E-state index contributed by atoms with van der Waals surface area (Å²) in [5.41, 5.74) is 1.73. The van der Waals surface area contributed by atoms with Gasteiger partial charge in [-0.2, -0.15) is 0 Å². The third-order valence-electron chi connectivity index (χ3n) is 5.19. The Morgan fingerprint density at radius 2 is 1.77 bits per heavy atom. The molecule has 3 amide bonds. The van der Waals surface area contributed by atoms with E-state index >= 15 is 0 Å². The minimum absolute atomic E-state index is 0.0737. The molecule has 1 aliphatic rings. The van der Waals surface area contributed by atoms with Crippen molar-refractivity contribution in [1.29, 1.82) is 0 Å². The first-order valence-corrected chi connectivity index (χ1v) is 11.8. The van der Waals surface area contributed by atoms with Gasteiger partial charge in [0.2, 0.25) is 0 Å². The van der Waals surface area contributed by atoms with Crippen LogP contribution in [0.1, 0.15) is 23.6 Å². The molecule has 0 atom stereocenters. The molecule has 4 rings (SSSR count). The van der Waals surface area contributed by atoms with Crippen LogP contribution in [-0.2, 0) is 17.9 Å². The summed E-state index contributed by atoms with van der Waals surface area (Å²) in [5.74, 6) is -0.382. The van der Waals surface area contributed by atoms with Crippen molar-refractivity contribution in [3.63, 3.8) is 0 Å². The summed E-state index contributed by atoms with van der Waals surface area (Å²) < 4.78 is 39.6. The van der Waals surface area contributed by atoms with E-state index in [1.54, 1.807) is 36.4 Å². The van der Waals surface area contributed by atoms with E-state index in [0.717, 1.165) is 14.0 Å². The predicted octanol–water partition coefficient (Wildman–Crippen LogP) is 5.64. The Morgan fingerprint density at radius 3 is 2.49 bits per heavy atom. The lowest BCUT2D eigenvalue weighted by molar-refractivity contribution is -0.123. The molecule has 3 aromatic carbocycles. The third-order valence-corrected chi connectivity index (χ3v) is 5.99. The molecule has 0 saturated carbocycles. The number of benzene rings is 3. The molecule has 0 spiro atoms. The minimum Gasteiger partial charge on any atom is -0.490 e. The van der Waals surface area contributed by atoms with E-state index in [2.05, 4.69) is 27.9 Å². The summed E-state index contributed by atoms with van der Waals surface area (Å²) in [6, 6.07) is 14.9. The molecule has 1 heterocycles. The van der Waals surface area contributed by atoms with Crippen LogP contribution < -0.4 is 14.8 Å². The molecule has 180 valence electrons. The van der Waals surface area contributed by atoms with Gasteiger partial charge >= 0.3 is 6.03 Å². The third kappa shape index (κ3) is 5.79. The van der Waals surface area contributed by atoms with E-state index < -0.39 is 17.8 Å². The van der Waals surface area contributed by atoms with Crippen LogP contribution in [0.4, 0.5) is 13.6 Å². The van der Waals surface area contributed by atoms with E-state index in [9.17, 15) is 18.4 Å². The molecule has 1 N–H and O–H groups in total. The number of nitrogens with zero attached hydrogens (tertiary/aromatic N) is 1. The molecule has 0 radical (unpaired) electrons. The highest BCUT2D eigenvalue weighted by atomic mass is 127. The molecule has 9 heteroatoms. The largest absolute Gasteiger partial charge is 0.490 e. The van der Waals surface area contributed by atoms with E-state index in [0.29, 0.717) is 23.7 Å². The zero-order valence-corrected chi connectivity index (χ0v) is 20.8. The van der Waals surface area contributed by atoms with Crippen LogP contribution in [0, 0.1) is 15.2 Å². The van der Waals surface area contributed by atoms with Gasteiger partial charge in [0.15, 0.2) is 11.5 Å². The number of amides is 3. The van der Waals surface area contributed by atoms with Crippen LogP contribution in [0.15, 0.2) is 66.4 Å². The second-order valence-corrected chi connectivity index (χ2v) is 8.81. The van der Waals surface area contributed by atoms with Gasteiger partial charge in [-0.05, 0) is 77.0 Å². The second-order valence-electron chi connectivity index (χ2n) is 7.65. The number of carbonyl (C=O) groups excluding carboxylic acids is 2. The Morgan fingerprint density at radius 1 is 1.03 bits per heavy atom. The average Bonchev–Trinajstić information content (AvgIpc) is 3.08. The van der Waals surface area contributed by atoms with Gasteiger partial charge in [-0.15, -0.1) is 0 Å². The highest BCUT2D eigenvalue weighted by Crippen LogP contribution is 2.36. The van der Waals surface area contributed by atoms with Gasteiger partial charge in [-0.25, -0.2) is 13.6 Å². The van der Waals surface area contributed by atoms with Gasteiger partial charge in [0, 0.05) is 5.56 Å². The fraction of sp³-hybridized carbons (Fsp3) is 0.154. The first-order valence-electron chi connectivity index (χ1n) is 10.8. The first kappa shape index (κ1) is 24.6. The van der Waals surface area contributed by atoms with Crippen molar-refractivity contribution < 1.29 is 27.8 Å². The molecule has 0 bridgehead atoms. The Bertz CT molecular complexity index is 1300. The van der Waals surface area contributed by atoms with Crippen LogP contribution in [0.3, 0.4) is 0 Å². The standard InChI is InChI=1S/C26H21F2IN2O4/c1-2-34-23-13-17(11-21(29)24(23)35-15-16-7-9-19(27)10-8-16)12-22-25(32)31(26(33)30-22)14-18-5-3-4-6-20(18)28/h3-13H,2,14-15H2,1H3,(H,30,33)/b22-12+. The van der Waals surface area contributed by atoms with E-state index in [-0.39, 0.29) is 30.2 Å². The smallest absolute Gasteiger partial charge is 0.329 e. The zero-order valence-electron chi connectivity index (χ0n) is 18.7. The lowest BCUT2D eigenvalue weighted by Crippen LogP contribution is -2.30. The average molecular weight is 590 g/mol. The molecule has 0 aliphatic carbocycles. The summed E-state index contributed by atoms with van der Waals surface area (Å²) >= 11 is 2.10. The fourth-order valence-corrected chi connectivity index (χ4v) is 4.27. The van der Waals surface area contributed by atoms with E-state index in [1.165, 1.54) is 30.3 Å². The molecule has 3 aromatic rings. The highest BCUT2D eigenvalue weighted by Gasteiger charge is 2.34. The summed E-state index contributed by atoms with van der Waals surface area (Å²) in [7, 11) is 0. The van der Waals surface area contributed by atoms with E-state index in [1.807, 2.05) is 6.92 Å². The van der Waals surface area contributed by atoms with Crippen molar-refractivity contribution in [1.82, 2.24) is 10.2 Å². The van der Waals surface area contributed by atoms with Gasteiger partial charge < -0.3 is 14.8 Å². The van der Waals surface area contributed by atoms with E-state index in [4.69, 9.17) is 9.47 Å². The number of ether oxygens (including phenoxy) is 2. The van der Waals surface area contributed by atoms with Crippen molar-refractivity contribution in [2.75, 3.05) is 6.61 Å². The highest BCUT2D eigenvalue weighted by molar-refractivity contribution is 14.1. The summed E-state index contributed by atoms with van der Waals surface area (Å²) in [5, 5.41) is 2.55. The van der Waals surface area contributed by atoms with Crippen molar-refractivity contribution >= 4 is 40.6 Å². The Balaban J connectivity index is 1.55. The van der Waals surface area contributed by atoms with Gasteiger partial charge in [-0.1, -0.05) is 30.3 Å². The lowest BCUT2D eigenvalue weighted by atomic mass is 10.1. The molecule has 1 aliphatic heterocycles. The Kier molecular flexibility index (Phi) is 7.64. The van der Waals surface area contributed by atoms with Crippen LogP contribution in [-0.4, -0.2) is 23.4 Å². The molecule has 35 heavy (non-hydrogen) atoms. The maximum absolute atomic E-state index is 14.0. The molecular weight excluding hydrogens is 569 g/mol. The second kappa shape index (κ2) is 10.9. The molecular formula is C26H21F2IN2O4. The fourth-order valence-electron chi connectivity index (χ4n) is 3.49. The van der Waals surface area contributed by atoms with Crippen LogP contribution in [0.5, 0.6) is 11.5 Å². The van der Waals surface area contributed by atoms with Crippen molar-refractivity contribution in [2.45, 2.75) is 20.1 Å². The number of nitrogens with one attached hydrogen (secondary N) is 1. The van der Waals surface area contributed by atoms with Crippen molar-refractivity contribution in [2.24, 2.45) is 0 Å². The van der Waals surface area contributed by atoms with Crippen molar-refractivity contribution in [3.05, 3.63) is 98.3 Å². The topological polar surface area (TPSA) is 67.9 Å². The number of halogens is 3. The van der Waals surface area contributed by atoms with Crippen LogP contribution in [0.25, 0.3) is 6.08 Å². The number of rotatable bonds is 8. The maximum atomic E-state index is 14.0. The van der Waals surface area contributed by atoms with Crippen LogP contribution >= 0.6 is 22.6 Å². The molecule has 6 nitrogen and oxygen atoms in total. The quantitative estimate of drug-likeness (QED) is 0.210. The normalized spacial score (nSPS) is 14.4. The summed E-state index contributed by atoms with van der Waals surface area (Å²) in [6.07, 6.45) is 1.54. The van der Waals surface area contributed by atoms with Gasteiger partial charge in [0.25, 0.3) is 5.91 Å². The molecule has 0 aromatic heterocycles. The minimum atomic E-state index is -0.622. The number of imide groups is 1. The molecule has 1 saturated heterocycles. The number of urea groups is 1. The monoisotopic (exact) mass is 590 g/mol. The molecule has 0 unspecified atom stereocenters. The Labute approximate surface area is 214 Å². The summed E-state index contributed by atoms with van der Waals surface area (Å²) in [6.45, 7) is 2.26. The Hall–Kier alpha value is -3.47. The number of hydrogen-bond acceptors (Lipinski definition) is 4. The van der Waals surface area contributed by atoms with Crippen molar-refractivity contribution in [3.8, 4) is 11.5 Å².